The van der Waals surface area contributed by atoms with E-state index in [9.17, 15) is 9.59 Å². The third kappa shape index (κ3) is 7.28. The van der Waals surface area contributed by atoms with E-state index in [1.54, 1.807) is 30.3 Å². The summed E-state index contributed by atoms with van der Waals surface area (Å²) in [7, 11) is 4.34. The fourth-order valence-electron chi connectivity index (χ4n) is 4.33. The molecule has 0 fully saturated rings. The van der Waals surface area contributed by atoms with Gasteiger partial charge in [0.25, 0.3) is 11.8 Å². The van der Waals surface area contributed by atoms with E-state index in [1.807, 2.05) is 37.3 Å². The number of aliphatic imine (C=N–C) groups is 1. The number of hydrogen-bond donors (Lipinski definition) is 4. The summed E-state index contributed by atoms with van der Waals surface area (Å²) in [6.07, 6.45) is 0.777. The molecular weight excluding hydrogens is 548 g/mol. The van der Waals surface area contributed by atoms with Crippen molar-refractivity contribution in [3.8, 4) is 17.2 Å². The van der Waals surface area contributed by atoms with Crippen LogP contribution in [0.4, 0.5) is 11.4 Å². The number of guanidine groups is 1. The van der Waals surface area contributed by atoms with Crippen LogP contribution in [0.5, 0.6) is 17.2 Å². The number of nitrogens with one attached hydrogen (secondary N) is 2. The normalized spacial score (nSPS) is 11.0. The summed E-state index contributed by atoms with van der Waals surface area (Å²) in [6.45, 7) is 1.86. The lowest BCUT2D eigenvalue weighted by Gasteiger charge is -2.20. The minimum atomic E-state index is -0.646. The summed E-state index contributed by atoms with van der Waals surface area (Å²) in [5, 5.41) is 3.69. The van der Waals surface area contributed by atoms with Gasteiger partial charge in [0, 0.05) is 16.8 Å². The van der Waals surface area contributed by atoms with Gasteiger partial charge in [0.15, 0.2) is 11.5 Å². The van der Waals surface area contributed by atoms with Gasteiger partial charge in [-0.05, 0) is 66.4 Å². The minimum absolute atomic E-state index is 0.145. The molecule has 0 aromatic heterocycles. The first-order valence-electron chi connectivity index (χ1n) is 13.3. The highest BCUT2D eigenvalue weighted by atomic mass is 16.5. The van der Waals surface area contributed by atoms with Crippen LogP contribution in [0.25, 0.3) is 0 Å². The maximum Gasteiger partial charge on any atom is 0.275 e. The Balaban J connectivity index is 1.51. The molecule has 0 aliphatic carbocycles. The van der Waals surface area contributed by atoms with Crippen LogP contribution in [0, 0.1) is 6.92 Å². The molecule has 4 aromatic rings. The van der Waals surface area contributed by atoms with E-state index < -0.39 is 5.91 Å². The third-order valence-electron chi connectivity index (χ3n) is 6.66. The van der Waals surface area contributed by atoms with Gasteiger partial charge in [-0.2, -0.15) is 0 Å². The molecule has 11 heteroatoms. The van der Waals surface area contributed by atoms with Crippen molar-refractivity contribution < 1.29 is 23.8 Å². The lowest BCUT2D eigenvalue weighted by molar-refractivity contribution is 0.0841. The first-order chi connectivity index (χ1) is 20.8. The lowest BCUT2D eigenvalue weighted by Crippen LogP contribution is -2.51. The maximum absolute atomic E-state index is 13.2. The Morgan fingerprint density at radius 3 is 2.02 bits per heavy atom. The van der Waals surface area contributed by atoms with Crippen molar-refractivity contribution in [3.05, 3.63) is 113 Å². The number of anilines is 1. The van der Waals surface area contributed by atoms with Crippen molar-refractivity contribution in [2.75, 3.05) is 26.6 Å². The molecule has 11 nitrogen and oxygen atoms in total. The van der Waals surface area contributed by atoms with Gasteiger partial charge < -0.3 is 19.5 Å². The summed E-state index contributed by atoms with van der Waals surface area (Å²) >= 11 is 0. The average Bonchev–Trinajstić information content (AvgIpc) is 3.04. The van der Waals surface area contributed by atoms with E-state index in [-0.39, 0.29) is 28.9 Å². The van der Waals surface area contributed by atoms with Crippen LogP contribution in [0.2, 0.25) is 0 Å². The van der Waals surface area contributed by atoms with Crippen molar-refractivity contribution >= 4 is 29.1 Å². The number of carbonyl (C=O) groups excluding carboxylic acids is 2. The minimum Gasteiger partial charge on any atom is -0.493 e. The summed E-state index contributed by atoms with van der Waals surface area (Å²) < 4.78 is 16.0. The molecule has 2 amide bonds. The second-order valence-electron chi connectivity index (χ2n) is 9.48. The SMILES string of the molecule is COc1cc(C(=O)N(N)C(=Nc2ccc(C)c(NC(=O)c3ccc(Cc4ccccc4)cc3)c2)NN)cc(OC)c1OC. The molecule has 0 saturated carbocycles. The molecule has 0 unspecified atom stereocenters. The number of carbonyl (C=O) groups is 2. The van der Waals surface area contributed by atoms with Gasteiger partial charge in [-0.25, -0.2) is 21.7 Å². The maximum atomic E-state index is 13.2. The van der Waals surface area contributed by atoms with Crippen molar-refractivity contribution in [1.29, 1.82) is 0 Å². The zero-order valence-electron chi connectivity index (χ0n) is 24.4. The highest BCUT2D eigenvalue weighted by molar-refractivity contribution is 6.07. The molecule has 43 heavy (non-hydrogen) atoms. The van der Waals surface area contributed by atoms with E-state index in [1.165, 1.54) is 39.0 Å². The molecule has 0 aliphatic heterocycles. The van der Waals surface area contributed by atoms with Gasteiger partial charge in [-0.3, -0.25) is 15.0 Å². The molecule has 4 rings (SSSR count). The molecule has 0 spiro atoms. The van der Waals surface area contributed by atoms with Crippen LogP contribution in [-0.4, -0.2) is 44.1 Å². The van der Waals surface area contributed by atoms with Crippen molar-refractivity contribution in [1.82, 2.24) is 10.4 Å². The van der Waals surface area contributed by atoms with Crippen LogP contribution >= 0.6 is 0 Å². The molecule has 0 saturated heterocycles. The standard InChI is InChI=1S/C32H34N6O5/c1-20-10-15-25(19-26(20)36-30(39)23-13-11-22(12-14-23)16-21-8-6-5-7-9-21)35-32(37-33)38(34)31(40)24-17-27(41-2)29(43-4)28(18-24)42-3/h5-15,17-19H,16,33-34H2,1-4H3,(H,35,37)(H,36,39). The molecular formula is C32H34N6O5. The number of nitrogens with two attached hydrogens (primary N) is 2. The van der Waals surface area contributed by atoms with E-state index in [0.29, 0.717) is 22.7 Å². The quantitative estimate of drug-likeness (QED) is 0.0748. The van der Waals surface area contributed by atoms with Crippen molar-refractivity contribution in [2.45, 2.75) is 13.3 Å². The number of ether oxygens (including phenoxy) is 3. The van der Waals surface area contributed by atoms with Crippen LogP contribution in [-0.2, 0) is 6.42 Å². The predicted octanol–water partition coefficient (Wildman–Crippen LogP) is 4.33. The van der Waals surface area contributed by atoms with Crippen molar-refractivity contribution in [2.24, 2.45) is 16.7 Å². The Morgan fingerprint density at radius 2 is 1.44 bits per heavy atom. The first-order valence-corrected chi connectivity index (χ1v) is 13.3. The van der Waals surface area contributed by atoms with Crippen LogP contribution in [0.3, 0.4) is 0 Å². The topological polar surface area (TPSA) is 154 Å². The predicted molar refractivity (Wildman–Crippen MR) is 166 cm³/mol. The summed E-state index contributed by atoms with van der Waals surface area (Å²) in [5.41, 5.74) is 7.05. The average molecular weight is 583 g/mol. The van der Waals surface area contributed by atoms with E-state index >= 15 is 0 Å². The van der Waals surface area contributed by atoms with E-state index in [0.717, 1.165) is 22.6 Å². The number of nitrogens with zero attached hydrogens (tertiary/aromatic N) is 2. The Kier molecular flexibility index (Phi) is 9.94. The monoisotopic (exact) mass is 582 g/mol. The van der Waals surface area contributed by atoms with Crippen LogP contribution in [0.1, 0.15) is 37.4 Å². The number of hydrazine groups is 2. The third-order valence-corrected chi connectivity index (χ3v) is 6.66. The van der Waals surface area contributed by atoms with E-state index in [2.05, 4.69) is 27.9 Å². The van der Waals surface area contributed by atoms with Crippen LogP contribution < -0.4 is 36.6 Å². The number of rotatable bonds is 9. The summed E-state index contributed by atoms with van der Waals surface area (Å²) in [6, 6.07) is 25.7. The zero-order valence-corrected chi connectivity index (χ0v) is 24.4. The molecule has 0 radical (unpaired) electrons. The fourth-order valence-corrected chi connectivity index (χ4v) is 4.33. The fraction of sp³-hybridized carbons (Fsp3) is 0.156. The van der Waals surface area contributed by atoms with Crippen LogP contribution in [0.15, 0.2) is 89.9 Å². The molecule has 0 atom stereocenters. The highest BCUT2D eigenvalue weighted by Crippen LogP contribution is 2.38. The number of benzene rings is 4. The number of hydrogen-bond acceptors (Lipinski definition) is 8. The second-order valence-corrected chi connectivity index (χ2v) is 9.48. The Bertz CT molecular complexity index is 1600. The van der Waals surface area contributed by atoms with Gasteiger partial charge in [-0.1, -0.05) is 48.5 Å². The smallest absolute Gasteiger partial charge is 0.275 e. The van der Waals surface area contributed by atoms with Gasteiger partial charge in [0.05, 0.1) is 27.0 Å². The molecule has 4 aromatic carbocycles. The van der Waals surface area contributed by atoms with Gasteiger partial charge in [0.2, 0.25) is 11.7 Å². The number of methoxy groups -OCH3 is 3. The molecule has 0 aliphatic rings. The lowest BCUT2D eigenvalue weighted by atomic mass is 10.0. The highest BCUT2D eigenvalue weighted by Gasteiger charge is 2.22. The Labute approximate surface area is 250 Å². The zero-order chi connectivity index (χ0) is 30.9. The first kappa shape index (κ1) is 30.6. The van der Waals surface area contributed by atoms with Gasteiger partial charge >= 0.3 is 0 Å². The Morgan fingerprint density at radius 1 is 0.814 bits per heavy atom. The van der Waals surface area contributed by atoms with E-state index in [4.69, 9.17) is 25.9 Å². The van der Waals surface area contributed by atoms with Gasteiger partial charge in [-0.15, -0.1) is 0 Å². The molecule has 0 heterocycles. The van der Waals surface area contributed by atoms with Crippen molar-refractivity contribution in [3.63, 3.8) is 0 Å². The summed E-state index contributed by atoms with van der Waals surface area (Å²) in [5.74, 6) is 11.6. The number of amides is 2. The molecule has 6 N–H and O–H groups in total. The van der Waals surface area contributed by atoms with Gasteiger partial charge in [0.1, 0.15) is 0 Å². The Hall–Kier alpha value is -5.39. The number of aryl methyl sites for hydroxylation is 1. The second kappa shape index (κ2) is 14.0. The summed E-state index contributed by atoms with van der Waals surface area (Å²) in [4.78, 5) is 30.7. The largest absolute Gasteiger partial charge is 0.493 e. The molecule has 222 valence electrons. The molecule has 0 bridgehead atoms.